The third-order valence-corrected chi connectivity index (χ3v) is 3.12. The Bertz CT molecular complexity index is 411. The number of nitrogens with zero attached hydrogens (tertiary/aromatic N) is 2. The zero-order valence-corrected chi connectivity index (χ0v) is 11.1. The first-order valence-electron chi connectivity index (χ1n) is 6.66. The first kappa shape index (κ1) is 12.9. The zero-order valence-electron chi connectivity index (χ0n) is 11.1. The van der Waals surface area contributed by atoms with Crippen molar-refractivity contribution in [3.8, 4) is 0 Å². The van der Waals surface area contributed by atoms with Gasteiger partial charge in [0.1, 0.15) is 5.69 Å². The molecule has 98 valence electrons. The number of hydrogen-bond acceptors (Lipinski definition) is 3. The van der Waals surface area contributed by atoms with Crippen molar-refractivity contribution >= 4 is 11.6 Å². The maximum Gasteiger partial charge on any atom is 0.269 e. The van der Waals surface area contributed by atoms with Crippen molar-refractivity contribution in [3.05, 3.63) is 24.0 Å². The molecular weight excluding hydrogens is 226 g/mol. The molecule has 0 unspecified atom stereocenters. The Morgan fingerprint density at radius 1 is 1.44 bits per heavy atom. The third kappa shape index (κ3) is 3.22. The van der Waals surface area contributed by atoms with Crippen LogP contribution in [0.4, 0.5) is 5.69 Å². The zero-order chi connectivity index (χ0) is 13.0. The molecule has 0 spiro atoms. The fourth-order valence-corrected chi connectivity index (χ4v) is 2.10. The summed E-state index contributed by atoms with van der Waals surface area (Å²) in [5.41, 5.74) is 1.62. The third-order valence-electron chi connectivity index (χ3n) is 3.12. The number of pyridine rings is 1. The lowest BCUT2D eigenvalue weighted by molar-refractivity contribution is 0.0944. The number of rotatable bonds is 4. The predicted molar refractivity (Wildman–Crippen MR) is 72.9 cm³/mol. The van der Waals surface area contributed by atoms with E-state index in [2.05, 4.69) is 29.0 Å². The molecule has 0 radical (unpaired) electrons. The first-order chi connectivity index (χ1) is 8.66. The van der Waals surface area contributed by atoms with Crippen LogP contribution >= 0.6 is 0 Å². The monoisotopic (exact) mass is 247 g/mol. The van der Waals surface area contributed by atoms with E-state index in [9.17, 15) is 4.79 Å². The van der Waals surface area contributed by atoms with Gasteiger partial charge >= 0.3 is 0 Å². The molecule has 0 atom stereocenters. The summed E-state index contributed by atoms with van der Waals surface area (Å²) in [6.45, 7) is 7.01. The molecule has 18 heavy (non-hydrogen) atoms. The number of amides is 1. The van der Waals surface area contributed by atoms with Crippen LogP contribution in [0.1, 0.15) is 37.2 Å². The predicted octanol–water partition coefficient (Wildman–Crippen LogP) is 2.07. The topological polar surface area (TPSA) is 45.2 Å². The maximum absolute atomic E-state index is 11.9. The van der Waals surface area contributed by atoms with Gasteiger partial charge in [0.25, 0.3) is 5.91 Å². The number of carbonyl (C=O) groups is 1. The van der Waals surface area contributed by atoms with Gasteiger partial charge in [-0.1, -0.05) is 13.8 Å². The minimum atomic E-state index is -0.0789. The molecule has 1 aromatic rings. The molecule has 1 saturated heterocycles. The van der Waals surface area contributed by atoms with Crippen LogP contribution in [0.2, 0.25) is 0 Å². The Labute approximate surface area is 108 Å². The van der Waals surface area contributed by atoms with E-state index in [-0.39, 0.29) is 5.91 Å². The molecule has 2 rings (SSSR count). The average Bonchev–Trinajstić information content (AvgIpc) is 2.90. The standard InChI is InChI=1S/C14H21N3O/c1-11(2)10-16-14(18)13-9-12(5-6-15-13)17-7-3-4-8-17/h5-6,9,11H,3-4,7-8,10H2,1-2H3,(H,16,18). The highest BCUT2D eigenvalue weighted by Gasteiger charge is 2.14. The van der Waals surface area contributed by atoms with Crippen LogP contribution in [0.15, 0.2) is 18.3 Å². The summed E-state index contributed by atoms with van der Waals surface area (Å²) in [6, 6.07) is 3.87. The normalized spacial score (nSPS) is 15.2. The van der Waals surface area contributed by atoms with Crippen LogP contribution in [0.5, 0.6) is 0 Å². The van der Waals surface area contributed by atoms with Crippen molar-refractivity contribution in [2.75, 3.05) is 24.5 Å². The molecule has 0 aromatic carbocycles. The fourth-order valence-electron chi connectivity index (χ4n) is 2.10. The van der Waals surface area contributed by atoms with Crippen LogP contribution in [0.25, 0.3) is 0 Å². The van der Waals surface area contributed by atoms with Crippen LogP contribution in [0, 0.1) is 5.92 Å². The van der Waals surface area contributed by atoms with E-state index < -0.39 is 0 Å². The largest absolute Gasteiger partial charge is 0.371 e. The molecule has 1 aromatic heterocycles. The van der Waals surface area contributed by atoms with Crippen molar-refractivity contribution in [2.24, 2.45) is 5.92 Å². The second kappa shape index (κ2) is 5.85. The highest BCUT2D eigenvalue weighted by molar-refractivity contribution is 5.93. The molecule has 1 N–H and O–H groups in total. The van der Waals surface area contributed by atoms with Crippen molar-refractivity contribution in [2.45, 2.75) is 26.7 Å². The summed E-state index contributed by atoms with van der Waals surface area (Å²) >= 11 is 0. The van der Waals surface area contributed by atoms with Gasteiger partial charge in [0.2, 0.25) is 0 Å². The van der Waals surface area contributed by atoms with E-state index in [1.807, 2.05) is 12.1 Å². The summed E-state index contributed by atoms with van der Waals surface area (Å²) in [5, 5.41) is 2.90. The molecule has 4 heteroatoms. The lowest BCUT2D eigenvalue weighted by Crippen LogP contribution is -2.28. The smallest absolute Gasteiger partial charge is 0.269 e. The summed E-state index contributed by atoms with van der Waals surface area (Å²) in [7, 11) is 0. The summed E-state index contributed by atoms with van der Waals surface area (Å²) in [4.78, 5) is 18.4. The van der Waals surface area contributed by atoms with Gasteiger partial charge in [-0.2, -0.15) is 0 Å². The molecule has 2 heterocycles. The SMILES string of the molecule is CC(C)CNC(=O)c1cc(N2CCCC2)ccn1. The minimum Gasteiger partial charge on any atom is -0.371 e. The Balaban J connectivity index is 2.04. The minimum absolute atomic E-state index is 0.0789. The Kier molecular flexibility index (Phi) is 4.18. The van der Waals surface area contributed by atoms with E-state index in [0.717, 1.165) is 18.8 Å². The van der Waals surface area contributed by atoms with Gasteiger partial charge in [0.15, 0.2) is 0 Å². The summed E-state index contributed by atoms with van der Waals surface area (Å²) < 4.78 is 0. The van der Waals surface area contributed by atoms with Crippen molar-refractivity contribution in [1.82, 2.24) is 10.3 Å². The van der Waals surface area contributed by atoms with Gasteiger partial charge in [-0.25, -0.2) is 0 Å². The summed E-state index contributed by atoms with van der Waals surface area (Å²) in [6.07, 6.45) is 4.19. The molecule has 0 bridgehead atoms. The number of carbonyl (C=O) groups excluding carboxylic acids is 1. The lowest BCUT2D eigenvalue weighted by atomic mass is 10.2. The molecular formula is C14H21N3O. The highest BCUT2D eigenvalue weighted by Crippen LogP contribution is 2.19. The molecule has 1 amide bonds. The quantitative estimate of drug-likeness (QED) is 0.886. The maximum atomic E-state index is 11.9. The number of aromatic nitrogens is 1. The summed E-state index contributed by atoms with van der Waals surface area (Å²) in [5.74, 6) is 0.375. The number of hydrogen-bond donors (Lipinski definition) is 1. The van der Waals surface area contributed by atoms with Gasteiger partial charge in [-0.05, 0) is 30.9 Å². The van der Waals surface area contributed by atoms with E-state index in [1.54, 1.807) is 6.20 Å². The molecule has 4 nitrogen and oxygen atoms in total. The first-order valence-corrected chi connectivity index (χ1v) is 6.66. The Morgan fingerprint density at radius 3 is 2.83 bits per heavy atom. The Hall–Kier alpha value is -1.58. The lowest BCUT2D eigenvalue weighted by Gasteiger charge is -2.17. The van der Waals surface area contributed by atoms with Crippen LogP contribution in [0.3, 0.4) is 0 Å². The van der Waals surface area contributed by atoms with Crippen molar-refractivity contribution in [3.63, 3.8) is 0 Å². The van der Waals surface area contributed by atoms with E-state index in [4.69, 9.17) is 0 Å². The number of nitrogens with one attached hydrogen (secondary N) is 1. The van der Waals surface area contributed by atoms with Gasteiger partial charge in [-0.3, -0.25) is 9.78 Å². The molecule has 1 aliphatic heterocycles. The average molecular weight is 247 g/mol. The Morgan fingerprint density at radius 2 is 2.17 bits per heavy atom. The van der Waals surface area contributed by atoms with Crippen molar-refractivity contribution < 1.29 is 4.79 Å². The van der Waals surface area contributed by atoms with Crippen LogP contribution in [-0.2, 0) is 0 Å². The molecule has 0 saturated carbocycles. The van der Waals surface area contributed by atoms with E-state index >= 15 is 0 Å². The van der Waals surface area contributed by atoms with E-state index in [1.165, 1.54) is 12.8 Å². The van der Waals surface area contributed by atoms with Gasteiger partial charge in [0, 0.05) is 31.5 Å². The van der Waals surface area contributed by atoms with Crippen molar-refractivity contribution in [1.29, 1.82) is 0 Å². The van der Waals surface area contributed by atoms with Gasteiger partial charge in [0.05, 0.1) is 0 Å². The van der Waals surface area contributed by atoms with E-state index in [0.29, 0.717) is 18.2 Å². The van der Waals surface area contributed by atoms with Crippen LogP contribution < -0.4 is 10.2 Å². The number of anilines is 1. The van der Waals surface area contributed by atoms with Gasteiger partial charge < -0.3 is 10.2 Å². The molecule has 1 fully saturated rings. The van der Waals surface area contributed by atoms with Gasteiger partial charge in [-0.15, -0.1) is 0 Å². The molecule has 0 aliphatic carbocycles. The highest BCUT2D eigenvalue weighted by atomic mass is 16.1. The second-order valence-electron chi connectivity index (χ2n) is 5.20. The molecule has 1 aliphatic rings. The fraction of sp³-hybridized carbons (Fsp3) is 0.571. The van der Waals surface area contributed by atoms with Crippen LogP contribution in [-0.4, -0.2) is 30.5 Å². The second-order valence-corrected chi connectivity index (χ2v) is 5.20.